The summed E-state index contributed by atoms with van der Waals surface area (Å²) in [6.07, 6.45) is 1.78. The van der Waals surface area contributed by atoms with Crippen molar-refractivity contribution in [2.75, 3.05) is 60.6 Å². The summed E-state index contributed by atoms with van der Waals surface area (Å²) in [6, 6.07) is 8.21. The fraction of sp³-hybridized carbons (Fsp3) is 0.481. The standard InChI is InChI=1S/C14H18O6S.C9H9ClO5S.C4H9NO.ClH.2H2S/c1-18-13-4-3-11(7-12(13)14(15)19-2)21(16,17)9-10-5-6-20-8-10;1-14-8-4-3-6(16(10,12)13)5-7(8)9(11)15-2;5-4-1-2-6-3-4;;;/h3-4,7,10H,5-6,8-9H2,1-2H3;3-5H,1-2H3;4H,1-3,5H2;1H;2*1H2/t10-;;4-;;;/m0.0.../s1. The lowest BCUT2D eigenvalue weighted by molar-refractivity contribution is 0.0587. The highest BCUT2D eigenvalue weighted by atomic mass is 35.7. The minimum Gasteiger partial charge on any atom is -0.496 e. The highest BCUT2D eigenvalue weighted by Crippen LogP contribution is 2.27. The molecule has 2 N–H and O–H groups in total. The Morgan fingerprint density at radius 2 is 1.26 bits per heavy atom. The summed E-state index contributed by atoms with van der Waals surface area (Å²) in [4.78, 5) is 22.9. The average molecular weight is 771 g/mol. The smallest absolute Gasteiger partial charge is 0.341 e. The maximum atomic E-state index is 12.4. The number of sulfone groups is 1. The number of esters is 2. The van der Waals surface area contributed by atoms with Gasteiger partial charge in [-0.05, 0) is 55.2 Å². The summed E-state index contributed by atoms with van der Waals surface area (Å²) in [5.74, 6) is -0.813. The van der Waals surface area contributed by atoms with Crippen molar-refractivity contribution in [2.45, 2.75) is 28.7 Å². The Hall–Kier alpha value is -1.96. The Bertz CT molecular complexity index is 1470. The first-order valence-corrected chi connectivity index (χ1v) is 16.8. The van der Waals surface area contributed by atoms with Gasteiger partial charge >= 0.3 is 11.9 Å². The van der Waals surface area contributed by atoms with Gasteiger partial charge in [0.2, 0.25) is 0 Å². The third kappa shape index (κ3) is 14.0. The number of hydrogen-bond acceptors (Lipinski definition) is 13. The van der Waals surface area contributed by atoms with E-state index in [9.17, 15) is 26.4 Å². The van der Waals surface area contributed by atoms with Crippen molar-refractivity contribution < 1.29 is 54.8 Å². The predicted octanol–water partition coefficient (Wildman–Crippen LogP) is 3.08. The molecule has 13 nitrogen and oxygen atoms in total. The number of carbonyl (C=O) groups is 2. The van der Waals surface area contributed by atoms with Crippen molar-refractivity contribution >= 4 is 80.9 Å². The molecule has 0 aliphatic carbocycles. The number of hydrogen-bond donors (Lipinski definition) is 1. The predicted molar refractivity (Wildman–Crippen MR) is 184 cm³/mol. The normalized spacial score (nSPS) is 16.7. The Balaban J connectivity index is 0. The molecule has 2 aromatic carbocycles. The molecule has 0 spiro atoms. The Morgan fingerprint density at radius 3 is 1.61 bits per heavy atom. The lowest BCUT2D eigenvalue weighted by atomic mass is 10.2. The van der Waals surface area contributed by atoms with E-state index < -0.39 is 30.8 Å². The molecule has 2 aliphatic rings. The molecule has 0 amide bonds. The van der Waals surface area contributed by atoms with Gasteiger partial charge in [0.25, 0.3) is 9.05 Å². The summed E-state index contributed by atoms with van der Waals surface area (Å²) >= 11 is 0. The van der Waals surface area contributed by atoms with Crippen molar-refractivity contribution in [3.8, 4) is 11.5 Å². The zero-order valence-corrected chi connectivity index (χ0v) is 30.9. The Morgan fingerprint density at radius 1 is 0.804 bits per heavy atom. The largest absolute Gasteiger partial charge is 0.496 e. The molecule has 46 heavy (non-hydrogen) atoms. The first-order chi connectivity index (χ1) is 20.3. The third-order valence-electron chi connectivity index (χ3n) is 6.24. The number of halogens is 2. The van der Waals surface area contributed by atoms with Crippen molar-refractivity contribution in [1.29, 1.82) is 0 Å². The first kappa shape index (κ1) is 46.2. The lowest BCUT2D eigenvalue weighted by Gasteiger charge is -2.12. The summed E-state index contributed by atoms with van der Waals surface area (Å²) in [5.41, 5.74) is 5.52. The molecule has 19 heteroatoms. The van der Waals surface area contributed by atoms with Crippen LogP contribution >= 0.6 is 50.1 Å². The Kier molecular flexibility index (Phi) is 21.9. The zero-order valence-electron chi connectivity index (χ0n) is 25.6. The molecule has 2 saturated heterocycles. The molecule has 264 valence electrons. The molecular formula is C27H41Cl2NO12S4. The monoisotopic (exact) mass is 769 g/mol. The van der Waals surface area contributed by atoms with Gasteiger partial charge in [-0.1, -0.05) is 0 Å². The van der Waals surface area contributed by atoms with Gasteiger partial charge < -0.3 is 34.2 Å². The van der Waals surface area contributed by atoms with Crippen LogP contribution in [0.5, 0.6) is 11.5 Å². The van der Waals surface area contributed by atoms with E-state index in [1.807, 2.05) is 0 Å². The lowest BCUT2D eigenvalue weighted by Crippen LogP contribution is -2.18. The fourth-order valence-electron chi connectivity index (χ4n) is 3.93. The van der Waals surface area contributed by atoms with E-state index in [0.29, 0.717) is 19.3 Å². The van der Waals surface area contributed by atoms with Crippen LogP contribution in [-0.4, -0.2) is 95.4 Å². The van der Waals surface area contributed by atoms with Gasteiger partial charge in [0.15, 0.2) is 9.84 Å². The second kappa shape index (κ2) is 21.8. The van der Waals surface area contributed by atoms with E-state index >= 15 is 0 Å². The number of benzene rings is 2. The highest BCUT2D eigenvalue weighted by molar-refractivity contribution is 8.13. The summed E-state index contributed by atoms with van der Waals surface area (Å²) in [6.45, 7) is 2.68. The quantitative estimate of drug-likeness (QED) is 0.306. The molecule has 0 bridgehead atoms. The molecule has 2 aromatic rings. The van der Waals surface area contributed by atoms with Crippen LogP contribution < -0.4 is 15.2 Å². The fourth-order valence-corrected chi connectivity index (χ4v) is 6.36. The van der Waals surface area contributed by atoms with E-state index in [1.54, 1.807) is 0 Å². The van der Waals surface area contributed by atoms with Gasteiger partial charge in [0.05, 0.1) is 57.2 Å². The number of methoxy groups -OCH3 is 4. The maximum Gasteiger partial charge on any atom is 0.341 e. The molecule has 0 unspecified atom stereocenters. The molecule has 2 fully saturated rings. The van der Waals surface area contributed by atoms with Crippen LogP contribution in [0.1, 0.15) is 33.6 Å². The molecule has 2 heterocycles. The minimum absolute atomic E-state index is 0. The average Bonchev–Trinajstić information content (AvgIpc) is 3.69. The van der Waals surface area contributed by atoms with Crippen LogP contribution in [0, 0.1) is 5.92 Å². The molecular weight excluding hydrogens is 729 g/mol. The van der Waals surface area contributed by atoms with Gasteiger partial charge in [-0.25, -0.2) is 26.4 Å². The molecule has 2 atom stereocenters. The van der Waals surface area contributed by atoms with Crippen LogP contribution in [0.4, 0.5) is 0 Å². The van der Waals surface area contributed by atoms with Gasteiger partial charge in [-0.3, -0.25) is 0 Å². The van der Waals surface area contributed by atoms with Crippen LogP contribution in [0.2, 0.25) is 0 Å². The van der Waals surface area contributed by atoms with Gasteiger partial charge in [-0.15, -0.1) is 12.4 Å². The number of nitrogens with two attached hydrogens (primary N) is 1. The van der Waals surface area contributed by atoms with Gasteiger partial charge in [0, 0.05) is 29.9 Å². The zero-order chi connectivity index (χ0) is 32.2. The molecule has 0 saturated carbocycles. The van der Waals surface area contributed by atoms with Crippen LogP contribution in [0.25, 0.3) is 0 Å². The maximum absolute atomic E-state index is 12.4. The number of rotatable bonds is 8. The summed E-state index contributed by atoms with van der Waals surface area (Å²) in [7, 11) is 2.98. The first-order valence-electron chi connectivity index (χ1n) is 12.9. The molecule has 0 aromatic heterocycles. The van der Waals surface area contributed by atoms with Crippen molar-refractivity contribution in [3.05, 3.63) is 47.5 Å². The van der Waals surface area contributed by atoms with Crippen LogP contribution in [0.3, 0.4) is 0 Å². The number of ether oxygens (including phenoxy) is 6. The van der Waals surface area contributed by atoms with E-state index in [0.717, 1.165) is 32.1 Å². The summed E-state index contributed by atoms with van der Waals surface area (Å²) in [5, 5.41) is 0. The second-order valence-corrected chi connectivity index (χ2v) is 13.9. The minimum atomic E-state index is -3.88. The van der Waals surface area contributed by atoms with Gasteiger partial charge in [0.1, 0.15) is 22.6 Å². The van der Waals surface area contributed by atoms with E-state index in [-0.39, 0.29) is 83.5 Å². The summed E-state index contributed by atoms with van der Waals surface area (Å²) < 4.78 is 76.2. The third-order valence-corrected chi connectivity index (χ3v) is 9.47. The van der Waals surface area contributed by atoms with E-state index in [2.05, 4.69) is 9.47 Å². The van der Waals surface area contributed by atoms with Crippen molar-refractivity contribution in [1.82, 2.24) is 0 Å². The molecule has 4 rings (SSSR count). The molecule has 0 radical (unpaired) electrons. The van der Waals surface area contributed by atoms with Crippen molar-refractivity contribution in [2.24, 2.45) is 11.7 Å². The van der Waals surface area contributed by atoms with Crippen LogP contribution in [-0.2, 0) is 37.8 Å². The highest BCUT2D eigenvalue weighted by Gasteiger charge is 2.26. The number of carbonyl (C=O) groups excluding carboxylic acids is 2. The van der Waals surface area contributed by atoms with Crippen LogP contribution in [0.15, 0.2) is 46.2 Å². The van der Waals surface area contributed by atoms with Gasteiger partial charge in [-0.2, -0.15) is 27.0 Å². The van der Waals surface area contributed by atoms with E-state index in [1.165, 1.54) is 58.8 Å². The van der Waals surface area contributed by atoms with E-state index in [4.69, 9.17) is 35.4 Å². The van der Waals surface area contributed by atoms with Crippen molar-refractivity contribution in [3.63, 3.8) is 0 Å². The molecule has 2 aliphatic heterocycles. The Labute approximate surface area is 294 Å². The second-order valence-electron chi connectivity index (χ2n) is 9.28. The topological polar surface area (TPSA) is 184 Å². The SMILES string of the molecule is COC(=O)c1cc(S(=O)(=O)C[C@H]2CCOC2)ccc1OC.COC(=O)c1cc(S(=O)(=O)Cl)ccc1OC.Cl.N[C@H]1CCOC1.S.S.